The van der Waals surface area contributed by atoms with Crippen LogP contribution >= 0.6 is 11.6 Å². The summed E-state index contributed by atoms with van der Waals surface area (Å²) in [5.74, 6) is -0.828. The minimum atomic E-state index is -0.765. The molecule has 3 amide bonds. The molecule has 0 aliphatic carbocycles. The number of amides is 3. The van der Waals surface area contributed by atoms with Gasteiger partial charge in [-0.1, -0.05) is 54.1 Å². The Kier molecular flexibility index (Phi) is 6.36. The first-order valence-electron chi connectivity index (χ1n) is 11.3. The lowest BCUT2D eigenvalue weighted by Crippen LogP contribution is -2.54. The van der Waals surface area contributed by atoms with Crippen LogP contribution in [0.5, 0.6) is 0 Å². The van der Waals surface area contributed by atoms with Gasteiger partial charge in [-0.3, -0.25) is 19.3 Å². The Hall–Kier alpha value is -3.38. The van der Waals surface area contributed by atoms with E-state index in [1.807, 2.05) is 69.3 Å². The van der Waals surface area contributed by atoms with Gasteiger partial charge in [0, 0.05) is 28.1 Å². The number of nitrogens with zero attached hydrogens (tertiary/aromatic N) is 2. The molecule has 1 unspecified atom stereocenters. The first-order valence-corrected chi connectivity index (χ1v) is 11.6. The lowest BCUT2D eigenvalue weighted by molar-refractivity contribution is -0.140. The number of nitrogens with one attached hydrogen (secondary N) is 1. The van der Waals surface area contributed by atoms with E-state index in [0.717, 1.165) is 16.3 Å². The van der Waals surface area contributed by atoms with Crippen LogP contribution in [0.2, 0.25) is 5.02 Å². The van der Waals surface area contributed by atoms with Gasteiger partial charge < -0.3 is 10.2 Å². The number of carbonyl (C=O) groups is 3. The van der Waals surface area contributed by atoms with Crippen LogP contribution in [0.15, 0.2) is 60.7 Å². The highest BCUT2D eigenvalue weighted by atomic mass is 35.5. The summed E-state index contributed by atoms with van der Waals surface area (Å²) in [5, 5.41) is 5.25. The SMILES string of the molecule is CC(C(=O)NC(C)(C)C)N(Cc1ccccc1Cl)C(=O)CN1C(=O)c2cccc3cccc1c23. The zero-order valence-electron chi connectivity index (χ0n) is 19.8. The highest BCUT2D eigenvalue weighted by molar-refractivity contribution is 6.31. The van der Waals surface area contributed by atoms with Gasteiger partial charge in [0.05, 0.1) is 5.69 Å². The number of halogens is 1. The van der Waals surface area contributed by atoms with Crippen LogP contribution in [-0.2, 0) is 16.1 Å². The molecule has 3 aromatic rings. The fourth-order valence-corrected chi connectivity index (χ4v) is 4.42. The minimum Gasteiger partial charge on any atom is -0.350 e. The maximum atomic E-state index is 13.7. The van der Waals surface area contributed by atoms with E-state index in [9.17, 15) is 14.4 Å². The largest absolute Gasteiger partial charge is 0.350 e. The molecule has 0 radical (unpaired) electrons. The van der Waals surface area contributed by atoms with E-state index in [4.69, 9.17) is 11.6 Å². The van der Waals surface area contributed by atoms with Crippen LogP contribution in [0.3, 0.4) is 0 Å². The molecule has 176 valence electrons. The van der Waals surface area contributed by atoms with E-state index >= 15 is 0 Å². The molecule has 7 heteroatoms. The molecule has 1 aliphatic heterocycles. The summed E-state index contributed by atoms with van der Waals surface area (Å²) in [4.78, 5) is 42.8. The van der Waals surface area contributed by atoms with Crippen molar-refractivity contribution in [2.75, 3.05) is 11.4 Å². The third-order valence-electron chi connectivity index (χ3n) is 5.91. The predicted octanol–water partition coefficient (Wildman–Crippen LogP) is 4.79. The van der Waals surface area contributed by atoms with Crippen molar-refractivity contribution in [2.24, 2.45) is 0 Å². The summed E-state index contributed by atoms with van der Waals surface area (Å²) in [6, 6.07) is 17.7. The molecule has 1 heterocycles. The Labute approximate surface area is 204 Å². The smallest absolute Gasteiger partial charge is 0.259 e. The van der Waals surface area contributed by atoms with Crippen molar-refractivity contribution in [2.45, 2.75) is 45.8 Å². The maximum absolute atomic E-state index is 13.7. The van der Waals surface area contributed by atoms with E-state index in [2.05, 4.69) is 5.32 Å². The van der Waals surface area contributed by atoms with Gasteiger partial charge >= 0.3 is 0 Å². The maximum Gasteiger partial charge on any atom is 0.259 e. The van der Waals surface area contributed by atoms with E-state index in [1.165, 1.54) is 9.80 Å². The third kappa shape index (κ3) is 4.64. The van der Waals surface area contributed by atoms with Crippen LogP contribution in [-0.4, -0.2) is 40.7 Å². The normalized spacial score (nSPS) is 13.8. The number of benzene rings is 3. The molecule has 4 rings (SSSR count). The summed E-state index contributed by atoms with van der Waals surface area (Å²) in [7, 11) is 0. The molecule has 0 bridgehead atoms. The van der Waals surface area contributed by atoms with Crippen LogP contribution < -0.4 is 10.2 Å². The van der Waals surface area contributed by atoms with Crippen molar-refractivity contribution >= 4 is 45.8 Å². The van der Waals surface area contributed by atoms with Gasteiger partial charge in [0.1, 0.15) is 12.6 Å². The van der Waals surface area contributed by atoms with Gasteiger partial charge in [0.15, 0.2) is 0 Å². The standard InChI is InChI=1S/C27H28ClN3O3/c1-17(25(33)29-27(2,3)4)30(15-19-9-5-6-13-21(19)28)23(32)16-31-22-14-8-11-18-10-7-12-20(24(18)22)26(31)34/h5-14,17H,15-16H2,1-4H3,(H,29,33). The summed E-state index contributed by atoms with van der Waals surface area (Å²) in [6.07, 6.45) is 0. The molecule has 0 fully saturated rings. The topological polar surface area (TPSA) is 69.7 Å². The Balaban J connectivity index is 1.64. The quantitative estimate of drug-likeness (QED) is 0.555. The van der Waals surface area contributed by atoms with Crippen LogP contribution in [0.1, 0.15) is 43.6 Å². The number of hydrogen-bond donors (Lipinski definition) is 1. The molecule has 6 nitrogen and oxygen atoms in total. The van der Waals surface area contributed by atoms with Crippen LogP contribution in [0, 0.1) is 0 Å². The van der Waals surface area contributed by atoms with Crippen LogP contribution in [0.25, 0.3) is 10.8 Å². The molecular weight excluding hydrogens is 450 g/mol. The molecule has 0 saturated carbocycles. The first-order chi connectivity index (χ1) is 16.1. The molecule has 0 aromatic heterocycles. The third-order valence-corrected chi connectivity index (χ3v) is 6.28. The van der Waals surface area contributed by atoms with E-state index in [0.29, 0.717) is 16.3 Å². The monoisotopic (exact) mass is 477 g/mol. The molecule has 1 aliphatic rings. The van der Waals surface area contributed by atoms with Gasteiger partial charge in [-0.15, -0.1) is 0 Å². The van der Waals surface area contributed by atoms with Crippen molar-refractivity contribution in [1.82, 2.24) is 10.2 Å². The van der Waals surface area contributed by atoms with Crippen molar-refractivity contribution in [1.29, 1.82) is 0 Å². The van der Waals surface area contributed by atoms with Gasteiger partial charge in [0.25, 0.3) is 5.91 Å². The fraction of sp³-hybridized carbons (Fsp3) is 0.296. The van der Waals surface area contributed by atoms with Gasteiger partial charge in [-0.05, 0) is 56.8 Å². The molecule has 0 spiro atoms. The molecule has 0 saturated heterocycles. The fourth-order valence-electron chi connectivity index (χ4n) is 4.23. The van der Waals surface area contributed by atoms with E-state index in [-0.39, 0.29) is 30.8 Å². The van der Waals surface area contributed by atoms with Gasteiger partial charge in [-0.25, -0.2) is 0 Å². The molecule has 1 atom stereocenters. The summed E-state index contributed by atoms with van der Waals surface area (Å²) in [6.45, 7) is 7.33. The van der Waals surface area contributed by atoms with Crippen molar-refractivity contribution in [3.63, 3.8) is 0 Å². The van der Waals surface area contributed by atoms with Crippen LogP contribution in [0.4, 0.5) is 5.69 Å². The summed E-state index contributed by atoms with van der Waals surface area (Å²) < 4.78 is 0. The van der Waals surface area contributed by atoms with Crippen molar-refractivity contribution < 1.29 is 14.4 Å². The van der Waals surface area contributed by atoms with E-state index in [1.54, 1.807) is 19.1 Å². The zero-order chi connectivity index (χ0) is 24.6. The van der Waals surface area contributed by atoms with Gasteiger partial charge in [0.2, 0.25) is 11.8 Å². The minimum absolute atomic E-state index is 0.149. The second-order valence-corrected chi connectivity index (χ2v) is 10.0. The molecular formula is C27H28ClN3O3. The Morgan fingerprint density at radius 3 is 2.38 bits per heavy atom. The summed E-state index contributed by atoms with van der Waals surface area (Å²) >= 11 is 6.37. The molecule has 34 heavy (non-hydrogen) atoms. The lowest BCUT2D eigenvalue weighted by Gasteiger charge is -2.32. The Morgan fingerprint density at radius 2 is 1.71 bits per heavy atom. The highest BCUT2D eigenvalue weighted by Gasteiger charge is 2.35. The van der Waals surface area contributed by atoms with Gasteiger partial charge in [-0.2, -0.15) is 0 Å². The number of carbonyl (C=O) groups excluding carboxylic acids is 3. The average molecular weight is 478 g/mol. The Morgan fingerprint density at radius 1 is 1.03 bits per heavy atom. The second-order valence-electron chi connectivity index (χ2n) is 9.60. The second kappa shape index (κ2) is 9.11. The van der Waals surface area contributed by atoms with Crippen molar-refractivity contribution in [3.8, 4) is 0 Å². The average Bonchev–Trinajstić information content (AvgIpc) is 3.05. The highest BCUT2D eigenvalue weighted by Crippen LogP contribution is 2.37. The Bertz CT molecular complexity index is 1280. The lowest BCUT2D eigenvalue weighted by atomic mass is 10.1. The number of anilines is 1. The van der Waals surface area contributed by atoms with Crippen molar-refractivity contribution in [3.05, 3.63) is 76.8 Å². The first kappa shape index (κ1) is 23.8. The molecule has 1 N–H and O–H groups in total. The number of rotatable bonds is 6. The zero-order valence-corrected chi connectivity index (χ0v) is 20.5. The summed E-state index contributed by atoms with van der Waals surface area (Å²) in [5.41, 5.74) is 1.56. The predicted molar refractivity (Wildman–Crippen MR) is 135 cm³/mol. The number of hydrogen-bond acceptors (Lipinski definition) is 3. The molecule has 3 aromatic carbocycles. The van der Waals surface area contributed by atoms with E-state index < -0.39 is 11.6 Å².